The highest BCUT2D eigenvalue weighted by Crippen LogP contribution is 2.13. The van der Waals surface area contributed by atoms with Crippen molar-refractivity contribution >= 4 is 16.3 Å². The van der Waals surface area contributed by atoms with Crippen molar-refractivity contribution in [1.82, 2.24) is 14.3 Å². The van der Waals surface area contributed by atoms with E-state index >= 15 is 0 Å². The molecule has 0 saturated carbocycles. The van der Waals surface area contributed by atoms with Gasteiger partial charge in [0.05, 0.1) is 12.3 Å². The van der Waals surface area contributed by atoms with Crippen molar-refractivity contribution in [2.24, 2.45) is 0 Å². The number of fused-ring (bicyclic) bond motifs is 1. The van der Waals surface area contributed by atoms with E-state index in [1.54, 1.807) is 10.5 Å². The van der Waals surface area contributed by atoms with Gasteiger partial charge in [-0.25, -0.2) is 4.98 Å². The lowest BCUT2D eigenvalue weighted by atomic mass is 10.2. The van der Waals surface area contributed by atoms with E-state index in [1.807, 2.05) is 30.5 Å². The van der Waals surface area contributed by atoms with Gasteiger partial charge in [0.25, 0.3) is 5.56 Å². The van der Waals surface area contributed by atoms with Crippen LogP contribution in [0.4, 0.5) is 0 Å². The van der Waals surface area contributed by atoms with E-state index in [9.17, 15) is 9.90 Å². The Morgan fingerprint density at radius 2 is 2.04 bits per heavy atom. The van der Waals surface area contributed by atoms with Crippen molar-refractivity contribution in [3.63, 3.8) is 0 Å². The molecule has 0 aliphatic carbocycles. The van der Waals surface area contributed by atoms with Gasteiger partial charge < -0.3 is 5.11 Å². The number of aliphatic hydroxyl groups excluding tert-OH is 1. The largest absolute Gasteiger partial charge is 0.395 e. The lowest BCUT2D eigenvalue weighted by Gasteiger charge is -2.21. The number of nitrogens with zero attached hydrogens (tertiary/aromatic N) is 3. The number of rotatable bonds is 6. The van der Waals surface area contributed by atoms with Crippen LogP contribution < -0.4 is 5.56 Å². The van der Waals surface area contributed by atoms with E-state index in [0.29, 0.717) is 24.6 Å². The van der Waals surface area contributed by atoms with Crippen molar-refractivity contribution in [2.75, 3.05) is 13.2 Å². The molecule has 2 heterocycles. The minimum Gasteiger partial charge on any atom is -0.395 e. The molecule has 6 heteroatoms. The summed E-state index contributed by atoms with van der Waals surface area (Å²) in [6.45, 7) is 3.77. The average Bonchev–Trinajstić information content (AvgIpc) is 2.90. The van der Waals surface area contributed by atoms with Gasteiger partial charge in [0.15, 0.2) is 4.96 Å². The predicted octanol–water partition coefficient (Wildman–Crippen LogP) is 2.06. The number of benzene rings is 1. The molecule has 0 saturated heterocycles. The van der Waals surface area contributed by atoms with Crippen LogP contribution in [0.3, 0.4) is 0 Å². The van der Waals surface area contributed by atoms with Crippen LogP contribution in [0, 0.1) is 6.92 Å². The first-order chi connectivity index (χ1) is 11.2. The van der Waals surface area contributed by atoms with Crippen molar-refractivity contribution in [2.45, 2.75) is 20.0 Å². The Bertz CT molecular complexity index is 842. The van der Waals surface area contributed by atoms with E-state index in [2.05, 4.69) is 22.0 Å². The van der Waals surface area contributed by atoms with Crippen molar-refractivity contribution in [1.29, 1.82) is 0 Å². The minimum atomic E-state index is -0.0487. The summed E-state index contributed by atoms with van der Waals surface area (Å²) in [6.07, 6.45) is 0. The van der Waals surface area contributed by atoms with Crippen molar-refractivity contribution in [3.05, 3.63) is 69.1 Å². The zero-order chi connectivity index (χ0) is 16.2. The summed E-state index contributed by atoms with van der Waals surface area (Å²) in [6, 6.07) is 11.7. The van der Waals surface area contributed by atoms with E-state index < -0.39 is 0 Å². The third kappa shape index (κ3) is 3.67. The number of aliphatic hydroxyl groups is 1. The summed E-state index contributed by atoms with van der Waals surface area (Å²) >= 11 is 1.47. The van der Waals surface area contributed by atoms with E-state index in [-0.39, 0.29) is 12.2 Å². The van der Waals surface area contributed by atoms with Gasteiger partial charge >= 0.3 is 0 Å². The molecular formula is C17H19N3O2S. The summed E-state index contributed by atoms with van der Waals surface area (Å²) in [5, 5.41) is 11.2. The fourth-order valence-corrected chi connectivity index (χ4v) is 3.50. The Hall–Kier alpha value is -2.02. The molecule has 3 aromatic rings. The maximum Gasteiger partial charge on any atom is 0.259 e. The summed E-state index contributed by atoms with van der Waals surface area (Å²) in [5.74, 6) is 0. The SMILES string of the molecule is Cc1csc2nc(CN(CCO)Cc3ccccc3)cc(=O)n12. The average molecular weight is 329 g/mol. The maximum atomic E-state index is 12.2. The molecule has 5 nitrogen and oxygen atoms in total. The second-order valence-corrected chi connectivity index (χ2v) is 6.34. The zero-order valence-electron chi connectivity index (χ0n) is 13.0. The fraction of sp³-hybridized carbons (Fsp3) is 0.294. The molecule has 2 aromatic heterocycles. The van der Waals surface area contributed by atoms with E-state index in [4.69, 9.17) is 0 Å². The molecule has 1 N–H and O–H groups in total. The van der Waals surface area contributed by atoms with Gasteiger partial charge in [-0.1, -0.05) is 30.3 Å². The smallest absolute Gasteiger partial charge is 0.259 e. The standard InChI is InChI=1S/C17H19N3O2S/c1-13-12-23-17-18-15(9-16(22)20(13)17)11-19(7-8-21)10-14-5-3-2-4-6-14/h2-6,9,12,21H,7-8,10-11H2,1H3. The Morgan fingerprint density at radius 3 is 2.78 bits per heavy atom. The molecule has 23 heavy (non-hydrogen) atoms. The second-order valence-electron chi connectivity index (χ2n) is 5.50. The Balaban J connectivity index is 1.84. The normalized spacial score (nSPS) is 11.4. The first kappa shape index (κ1) is 15.9. The molecule has 0 aliphatic rings. The van der Waals surface area contributed by atoms with Gasteiger partial charge in [-0.15, -0.1) is 11.3 Å². The lowest BCUT2D eigenvalue weighted by molar-refractivity contribution is 0.183. The highest BCUT2D eigenvalue weighted by molar-refractivity contribution is 7.15. The highest BCUT2D eigenvalue weighted by atomic mass is 32.1. The second kappa shape index (κ2) is 7.04. The van der Waals surface area contributed by atoms with Gasteiger partial charge in [0.2, 0.25) is 0 Å². The molecule has 0 bridgehead atoms. The van der Waals surface area contributed by atoms with Gasteiger partial charge in [-0.2, -0.15) is 0 Å². The van der Waals surface area contributed by atoms with Crippen LogP contribution in [0.15, 0.2) is 46.6 Å². The fourth-order valence-electron chi connectivity index (χ4n) is 2.61. The predicted molar refractivity (Wildman–Crippen MR) is 91.7 cm³/mol. The topological polar surface area (TPSA) is 57.8 Å². The summed E-state index contributed by atoms with van der Waals surface area (Å²) in [7, 11) is 0. The van der Waals surface area contributed by atoms with Crippen LogP contribution in [0.1, 0.15) is 17.0 Å². The zero-order valence-corrected chi connectivity index (χ0v) is 13.8. The monoisotopic (exact) mass is 329 g/mol. The molecule has 3 rings (SSSR count). The summed E-state index contributed by atoms with van der Waals surface area (Å²) < 4.78 is 1.63. The van der Waals surface area contributed by atoms with Crippen molar-refractivity contribution < 1.29 is 5.11 Å². The molecule has 1 aromatic carbocycles. The molecule has 0 radical (unpaired) electrons. The Morgan fingerprint density at radius 1 is 1.26 bits per heavy atom. The van der Waals surface area contributed by atoms with Gasteiger partial charge in [0, 0.05) is 36.8 Å². The highest BCUT2D eigenvalue weighted by Gasteiger charge is 2.11. The molecule has 120 valence electrons. The molecule has 0 aliphatic heterocycles. The van der Waals surface area contributed by atoms with Gasteiger partial charge in [0.1, 0.15) is 0 Å². The first-order valence-corrected chi connectivity index (χ1v) is 8.39. The molecule has 0 spiro atoms. The Labute approximate surface area is 138 Å². The lowest BCUT2D eigenvalue weighted by Crippen LogP contribution is -2.27. The quantitative estimate of drug-likeness (QED) is 0.752. The molecular weight excluding hydrogens is 310 g/mol. The maximum absolute atomic E-state index is 12.2. The van der Waals surface area contributed by atoms with Gasteiger partial charge in [-0.3, -0.25) is 14.1 Å². The van der Waals surface area contributed by atoms with Crippen LogP contribution in [0.25, 0.3) is 4.96 Å². The number of thiazole rings is 1. The Kier molecular flexibility index (Phi) is 4.85. The number of hydrogen-bond acceptors (Lipinski definition) is 5. The minimum absolute atomic E-state index is 0.0487. The molecule has 0 unspecified atom stereocenters. The number of aromatic nitrogens is 2. The van der Waals surface area contributed by atoms with E-state index in [1.165, 1.54) is 16.9 Å². The van der Waals surface area contributed by atoms with E-state index in [0.717, 1.165) is 11.4 Å². The third-order valence-electron chi connectivity index (χ3n) is 3.68. The van der Waals surface area contributed by atoms with Crippen LogP contribution >= 0.6 is 11.3 Å². The van der Waals surface area contributed by atoms with Crippen LogP contribution in [-0.4, -0.2) is 32.5 Å². The van der Waals surface area contributed by atoms with Crippen LogP contribution in [0.2, 0.25) is 0 Å². The number of aryl methyl sites for hydroxylation is 1. The third-order valence-corrected chi connectivity index (χ3v) is 4.62. The first-order valence-electron chi connectivity index (χ1n) is 7.51. The summed E-state index contributed by atoms with van der Waals surface area (Å²) in [4.78, 5) is 19.6. The summed E-state index contributed by atoms with van der Waals surface area (Å²) in [5.41, 5.74) is 2.77. The van der Waals surface area contributed by atoms with Gasteiger partial charge in [-0.05, 0) is 12.5 Å². The van der Waals surface area contributed by atoms with Crippen LogP contribution in [-0.2, 0) is 13.1 Å². The number of hydrogen-bond donors (Lipinski definition) is 1. The van der Waals surface area contributed by atoms with Crippen molar-refractivity contribution in [3.8, 4) is 0 Å². The molecule has 0 fully saturated rings. The molecule has 0 amide bonds. The molecule has 0 atom stereocenters. The van der Waals surface area contributed by atoms with Crippen LogP contribution in [0.5, 0.6) is 0 Å².